The minimum absolute atomic E-state index is 0.277. The molecule has 0 radical (unpaired) electrons. The number of benzene rings is 3. The third-order valence-electron chi connectivity index (χ3n) is 8.87. The molecule has 1 N–H and O–H groups in total. The molecule has 3 heterocycles. The van der Waals surface area contributed by atoms with Crippen molar-refractivity contribution in [1.82, 2.24) is 14.3 Å². The maximum Gasteiger partial charge on any atom is 0.352 e. The van der Waals surface area contributed by atoms with Gasteiger partial charge in [-0.25, -0.2) is 9.18 Å². The van der Waals surface area contributed by atoms with Crippen LogP contribution >= 0.6 is 11.6 Å². The van der Waals surface area contributed by atoms with Crippen LogP contribution in [0.2, 0.25) is 5.02 Å². The summed E-state index contributed by atoms with van der Waals surface area (Å²) in [5, 5.41) is 18.6. The van der Waals surface area contributed by atoms with E-state index in [0.717, 1.165) is 62.6 Å². The Bertz CT molecular complexity index is 1900. The molecule has 1 unspecified atom stereocenters. The van der Waals surface area contributed by atoms with Crippen LogP contribution in [0.3, 0.4) is 0 Å². The molecule has 2 aromatic heterocycles. The number of carboxylic acid groups (broad SMARTS) is 1. The summed E-state index contributed by atoms with van der Waals surface area (Å²) in [5.41, 5.74) is 5.34. The molecule has 0 saturated carbocycles. The Morgan fingerprint density at radius 2 is 1.96 bits per heavy atom. The number of rotatable bonds is 10. The summed E-state index contributed by atoms with van der Waals surface area (Å²) in [5.74, 6) is -0.602. The molecule has 5 aromatic rings. The van der Waals surface area contributed by atoms with Crippen LogP contribution in [0.1, 0.15) is 66.2 Å². The average Bonchev–Trinajstić information content (AvgIpc) is 3.53. The molecule has 0 aliphatic carbocycles. The molecule has 3 aromatic carbocycles. The molecule has 1 aliphatic heterocycles. The van der Waals surface area contributed by atoms with Crippen molar-refractivity contribution in [3.63, 3.8) is 0 Å². The summed E-state index contributed by atoms with van der Waals surface area (Å²) in [6, 6.07) is 14.0. The molecular weight excluding hydrogens is 609 g/mol. The number of hydrogen-bond donors (Lipinski definition) is 1. The van der Waals surface area contributed by atoms with Gasteiger partial charge in [0.15, 0.2) is 0 Å². The number of aryl methyl sites for hydroxylation is 3. The highest BCUT2D eigenvalue weighted by molar-refractivity contribution is 6.35. The lowest BCUT2D eigenvalue weighted by atomic mass is 9.95. The third-order valence-corrected chi connectivity index (χ3v) is 9.19. The lowest BCUT2D eigenvalue weighted by Crippen LogP contribution is -2.12. The number of ether oxygens (including phenoxy) is 3. The summed E-state index contributed by atoms with van der Waals surface area (Å²) in [7, 11) is 3.61. The van der Waals surface area contributed by atoms with Crippen LogP contribution in [0.25, 0.3) is 32.8 Å². The fourth-order valence-corrected chi connectivity index (χ4v) is 7.09. The Kier molecular flexibility index (Phi) is 9.63. The molecule has 0 saturated heterocycles. The third kappa shape index (κ3) is 5.99. The van der Waals surface area contributed by atoms with Crippen LogP contribution in [0.15, 0.2) is 48.5 Å². The number of hydrogen-bond acceptors (Lipinski definition) is 5. The highest BCUT2D eigenvalue weighted by Gasteiger charge is 2.31. The van der Waals surface area contributed by atoms with Crippen LogP contribution < -0.4 is 4.74 Å². The Balaban J connectivity index is 1.44. The largest absolute Gasteiger partial charge is 0.493 e. The first-order valence-electron chi connectivity index (χ1n) is 15.9. The van der Waals surface area contributed by atoms with Crippen LogP contribution in [-0.4, -0.2) is 52.4 Å². The molecule has 1 atom stereocenters. The Hall–Kier alpha value is -3.92. The predicted molar refractivity (Wildman–Crippen MR) is 178 cm³/mol. The van der Waals surface area contributed by atoms with Gasteiger partial charge in [-0.2, -0.15) is 5.10 Å². The van der Waals surface area contributed by atoms with Gasteiger partial charge in [-0.05, 0) is 73.4 Å². The first-order valence-corrected chi connectivity index (χ1v) is 16.3. The Labute approximate surface area is 272 Å². The van der Waals surface area contributed by atoms with Crippen molar-refractivity contribution in [2.45, 2.75) is 58.1 Å². The van der Waals surface area contributed by atoms with Gasteiger partial charge in [0, 0.05) is 67.9 Å². The Morgan fingerprint density at radius 3 is 2.74 bits per heavy atom. The van der Waals surface area contributed by atoms with E-state index >= 15 is 0 Å². The van der Waals surface area contributed by atoms with E-state index in [-0.39, 0.29) is 17.6 Å². The van der Waals surface area contributed by atoms with E-state index in [9.17, 15) is 14.3 Å². The maximum absolute atomic E-state index is 13.8. The SMILES string of the molecule is CCc1c2c(nn1C)C(CCOC)OCCCCn1c(C(=O)O)c(CCCOc3cccc4cc(F)ccc34)c3ccc(Cl)c-2c31. The van der Waals surface area contributed by atoms with Crippen molar-refractivity contribution in [3.05, 3.63) is 82.0 Å². The van der Waals surface area contributed by atoms with Crippen LogP contribution in [0.4, 0.5) is 4.39 Å². The van der Waals surface area contributed by atoms with Gasteiger partial charge in [-0.1, -0.05) is 36.7 Å². The number of carboxylic acids is 1. The zero-order chi connectivity index (χ0) is 32.4. The van der Waals surface area contributed by atoms with Gasteiger partial charge in [0.05, 0.1) is 22.8 Å². The van der Waals surface area contributed by atoms with Crippen LogP contribution in [-0.2, 0) is 35.9 Å². The number of nitrogens with zero attached hydrogens (tertiary/aromatic N) is 3. The maximum atomic E-state index is 13.8. The second kappa shape index (κ2) is 13.8. The van der Waals surface area contributed by atoms with E-state index in [1.165, 1.54) is 12.1 Å². The van der Waals surface area contributed by atoms with Gasteiger partial charge < -0.3 is 23.9 Å². The zero-order valence-corrected chi connectivity index (χ0v) is 27.2. The predicted octanol–water partition coefficient (Wildman–Crippen LogP) is 8.15. The van der Waals surface area contributed by atoms with Gasteiger partial charge in [0.25, 0.3) is 0 Å². The van der Waals surface area contributed by atoms with Gasteiger partial charge in [0.2, 0.25) is 0 Å². The van der Waals surface area contributed by atoms with E-state index in [2.05, 4.69) is 6.92 Å². The standard InChI is InChI=1S/C36H39ClFN3O5/c1-4-28-32-31-27(37)15-14-26-25(10-8-19-45-29-11-7-9-22-21-23(38)12-13-24(22)29)35(36(42)43)41(34(26)31)17-5-6-18-46-30(16-20-44-3)33(32)39-40(28)2/h7,9,11-15,21,30H,4-6,8,10,16-20H2,1-3H3,(H,42,43). The normalized spacial score (nSPS) is 15.2. The quantitative estimate of drug-likeness (QED) is 0.154. The zero-order valence-electron chi connectivity index (χ0n) is 26.4. The number of carbonyl (C=O) groups is 1. The van der Waals surface area contributed by atoms with Crippen molar-refractivity contribution in [3.8, 4) is 16.9 Å². The first-order chi connectivity index (χ1) is 22.3. The summed E-state index contributed by atoms with van der Waals surface area (Å²) in [6.45, 7) is 4.00. The van der Waals surface area contributed by atoms with Gasteiger partial charge in [-0.15, -0.1) is 0 Å². The molecule has 0 amide bonds. The van der Waals surface area contributed by atoms with E-state index in [4.69, 9.17) is 30.9 Å². The van der Waals surface area contributed by atoms with Gasteiger partial charge in [-0.3, -0.25) is 4.68 Å². The molecule has 0 fully saturated rings. The van der Waals surface area contributed by atoms with E-state index in [1.54, 1.807) is 13.2 Å². The summed E-state index contributed by atoms with van der Waals surface area (Å²) < 4.78 is 35.6. The van der Waals surface area contributed by atoms with Crippen LogP contribution in [0, 0.1) is 5.82 Å². The molecule has 1 aliphatic rings. The molecule has 8 nitrogen and oxygen atoms in total. The molecule has 10 heteroatoms. The Morgan fingerprint density at radius 1 is 1.13 bits per heavy atom. The fourth-order valence-electron chi connectivity index (χ4n) is 6.84. The summed E-state index contributed by atoms with van der Waals surface area (Å²) >= 11 is 7.07. The second-order valence-corrected chi connectivity index (χ2v) is 12.1. The van der Waals surface area contributed by atoms with E-state index < -0.39 is 5.97 Å². The van der Waals surface area contributed by atoms with Crippen molar-refractivity contribution >= 4 is 39.2 Å². The van der Waals surface area contributed by atoms with Crippen molar-refractivity contribution in [1.29, 1.82) is 0 Å². The number of fused-ring (bicyclic) bond motifs is 3. The fraction of sp³-hybridized carbons (Fsp3) is 0.389. The van der Waals surface area contributed by atoms with Gasteiger partial charge in [0.1, 0.15) is 23.4 Å². The van der Waals surface area contributed by atoms with E-state index in [0.29, 0.717) is 62.8 Å². The highest BCUT2D eigenvalue weighted by atomic mass is 35.5. The van der Waals surface area contributed by atoms with Crippen molar-refractivity contribution in [2.75, 3.05) is 26.9 Å². The second-order valence-electron chi connectivity index (χ2n) is 11.7. The molecule has 0 spiro atoms. The monoisotopic (exact) mass is 647 g/mol. The number of aromatic nitrogens is 3. The number of halogens is 2. The minimum atomic E-state index is -0.975. The molecule has 242 valence electrons. The van der Waals surface area contributed by atoms with Crippen molar-refractivity contribution < 1.29 is 28.5 Å². The molecular formula is C36H39ClFN3O5. The highest BCUT2D eigenvalue weighted by Crippen LogP contribution is 2.45. The van der Waals surface area contributed by atoms with E-state index in [1.807, 2.05) is 46.6 Å². The van der Waals surface area contributed by atoms with Crippen LogP contribution in [0.5, 0.6) is 5.75 Å². The number of methoxy groups -OCH3 is 1. The van der Waals surface area contributed by atoms with Gasteiger partial charge >= 0.3 is 5.97 Å². The lowest BCUT2D eigenvalue weighted by Gasteiger charge is -2.18. The van der Waals surface area contributed by atoms with Crippen molar-refractivity contribution in [2.24, 2.45) is 7.05 Å². The minimum Gasteiger partial charge on any atom is -0.493 e. The lowest BCUT2D eigenvalue weighted by molar-refractivity contribution is 0.0235. The topological polar surface area (TPSA) is 87.7 Å². The summed E-state index contributed by atoms with van der Waals surface area (Å²) in [6.07, 6.45) is 3.62. The average molecular weight is 648 g/mol. The summed E-state index contributed by atoms with van der Waals surface area (Å²) in [4.78, 5) is 13.0. The molecule has 46 heavy (non-hydrogen) atoms. The molecule has 0 bridgehead atoms. The first kappa shape index (κ1) is 32.0. The molecule has 6 rings (SSSR count). The number of aromatic carboxylic acids is 1. The smallest absolute Gasteiger partial charge is 0.352 e.